The lowest BCUT2D eigenvalue weighted by molar-refractivity contribution is 0.166. The van der Waals surface area contributed by atoms with Gasteiger partial charge in [-0.2, -0.15) is 0 Å². The number of hydrogen-bond acceptors (Lipinski definition) is 3. The van der Waals surface area contributed by atoms with Crippen molar-refractivity contribution in [1.29, 1.82) is 0 Å². The maximum absolute atomic E-state index is 13.1. The van der Waals surface area contributed by atoms with E-state index in [4.69, 9.17) is 4.74 Å². The number of ether oxygens (including phenoxy) is 1. The van der Waals surface area contributed by atoms with Crippen molar-refractivity contribution in [3.63, 3.8) is 0 Å². The molecule has 3 nitrogen and oxygen atoms in total. The Labute approximate surface area is 154 Å². The van der Waals surface area contributed by atoms with E-state index in [9.17, 15) is 8.42 Å². The number of hydrogen-bond donors (Lipinski definition) is 0. The standard InChI is InChI=1S/C22H20O3S/c1-18(19-11-5-2-6-12-19)25-17-22(20-13-7-3-8-14-20)26(23,24)21-15-9-4-10-16-21/h2-18H,1H3/b22-17-. The van der Waals surface area contributed by atoms with E-state index in [1.807, 2.05) is 55.5 Å². The summed E-state index contributed by atoms with van der Waals surface area (Å²) in [7, 11) is -3.70. The highest BCUT2D eigenvalue weighted by Gasteiger charge is 2.23. The molecule has 0 fully saturated rings. The minimum Gasteiger partial charge on any atom is -0.492 e. The van der Waals surface area contributed by atoms with Crippen LogP contribution in [0.2, 0.25) is 0 Å². The molecule has 0 bridgehead atoms. The van der Waals surface area contributed by atoms with Crippen LogP contribution in [0, 0.1) is 0 Å². The van der Waals surface area contributed by atoms with Crippen LogP contribution in [-0.4, -0.2) is 8.42 Å². The molecule has 0 saturated heterocycles. The zero-order chi connectivity index (χ0) is 18.4. The maximum Gasteiger partial charge on any atom is 0.210 e. The smallest absolute Gasteiger partial charge is 0.210 e. The van der Waals surface area contributed by atoms with Crippen molar-refractivity contribution in [3.8, 4) is 0 Å². The molecule has 3 rings (SSSR count). The summed E-state index contributed by atoms with van der Waals surface area (Å²) in [4.78, 5) is 0.387. The van der Waals surface area contributed by atoms with Crippen molar-refractivity contribution in [3.05, 3.63) is 108 Å². The summed E-state index contributed by atoms with van der Waals surface area (Å²) in [5, 5.41) is 0. The molecular weight excluding hydrogens is 344 g/mol. The van der Waals surface area contributed by atoms with E-state index >= 15 is 0 Å². The zero-order valence-electron chi connectivity index (χ0n) is 14.4. The van der Waals surface area contributed by atoms with Crippen LogP contribution in [0.1, 0.15) is 24.2 Å². The van der Waals surface area contributed by atoms with Crippen LogP contribution < -0.4 is 0 Å². The fourth-order valence-corrected chi connectivity index (χ4v) is 3.98. The van der Waals surface area contributed by atoms with E-state index < -0.39 is 9.84 Å². The van der Waals surface area contributed by atoms with Gasteiger partial charge in [0.05, 0.1) is 4.90 Å². The van der Waals surface area contributed by atoms with E-state index in [0.29, 0.717) is 5.56 Å². The van der Waals surface area contributed by atoms with Crippen molar-refractivity contribution in [2.24, 2.45) is 0 Å². The number of rotatable bonds is 6. The lowest BCUT2D eigenvalue weighted by Gasteiger charge is -2.15. The summed E-state index contributed by atoms with van der Waals surface area (Å²) >= 11 is 0. The molecule has 0 aliphatic heterocycles. The molecule has 0 heterocycles. The van der Waals surface area contributed by atoms with Crippen LogP contribution in [0.15, 0.2) is 102 Å². The Morgan fingerprint density at radius 1 is 0.808 bits per heavy atom. The van der Waals surface area contributed by atoms with Gasteiger partial charge in [0.2, 0.25) is 9.84 Å². The molecule has 0 spiro atoms. The average Bonchev–Trinajstić information content (AvgIpc) is 2.70. The Morgan fingerprint density at radius 2 is 1.31 bits per heavy atom. The third-order valence-electron chi connectivity index (χ3n) is 4.05. The normalized spacial score (nSPS) is 13.2. The Bertz CT molecular complexity index is 964. The second kappa shape index (κ2) is 8.02. The third kappa shape index (κ3) is 4.03. The fourth-order valence-electron chi connectivity index (χ4n) is 2.58. The topological polar surface area (TPSA) is 43.4 Å². The molecule has 0 N–H and O–H groups in total. The first kappa shape index (κ1) is 18.0. The van der Waals surface area contributed by atoms with Crippen LogP contribution in [0.25, 0.3) is 4.91 Å². The highest BCUT2D eigenvalue weighted by atomic mass is 32.2. The molecule has 3 aromatic rings. The van der Waals surface area contributed by atoms with E-state index in [1.165, 1.54) is 6.26 Å². The molecule has 0 radical (unpaired) electrons. The van der Waals surface area contributed by atoms with Crippen LogP contribution >= 0.6 is 0 Å². The van der Waals surface area contributed by atoms with Crippen molar-refractivity contribution >= 4 is 14.7 Å². The molecule has 4 heteroatoms. The summed E-state index contributed by atoms with van der Waals surface area (Å²) in [5.74, 6) is 0. The molecule has 26 heavy (non-hydrogen) atoms. The summed E-state index contributed by atoms with van der Waals surface area (Å²) in [6.07, 6.45) is 1.09. The first-order valence-electron chi connectivity index (χ1n) is 8.35. The van der Waals surface area contributed by atoms with Gasteiger partial charge in [0.25, 0.3) is 0 Å². The van der Waals surface area contributed by atoms with Crippen LogP contribution in [0.3, 0.4) is 0 Å². The zero-order valence-corrected chi connectivity index (χ0v) is 15.3. The van der Waals surface area contributed by atoms with Crippen molar-refractivity contribution in [1.82, 2.24) is 0 Å². The van der Waals surface area contributed by atoms with Crippen molar-refractivity contribution in [2.45, 2.75) is 17.9 Å². The van der Waals surface area contributed by atoms with Crippen LogP contribution in [-0.2, 0) is 14.6 Å². The highest BCUT2D eigenvalue weighted by Crippen LogP contribution is 2.29. The summed E-state index contributed by atoms with van der Waals surface area (Å²) in [6, 6.07) is 27.1. The summed E-state index contributed by atoms with van der Waals surface area (Å²) in [6.45, 7) is 1.89. The average molecular weight is 364 g/mol. The Morgan fingerprint density at radius 3 is 1.88 bits per heavy atom. The van der Waals surface area contributed by atoms with E-state index in [0.717, 1.165) is 5.56 Å². The predicted octanol–water partition coefficient (Wildman–Crippen LogP) is 5.24. The Balaban J connectivity index is 1.99. The molecule has 1 atom stereocenters. The SMILES string of the molecule is CC(O/C=C(/c1ccccc1)S(=O)(=O)c1ccccc1)c1ccccc1. The van der Waals surface area contributed by atoms with Gasteiger partial charge in [-0.25, -0.2) is 8.42 Å². The number of sulfone groups is 1. The molecule has 0 aromatic heterocycles. The van der Waals surface area contributed by atoms with Crippen LogP contribution in [0.5, 0.6) is 0 Å². The first-order valence-corrected chi connectivity index (χ1v) is 9.83. The monoisotopic (exact) mass is 364 g/mol. The maximum atomic E-state index is 13.1. The van der Waals surface area contributed by atoms with Gasteiger partial charge in [0.15, 0.2) is 0 Å². The van der Waals surface area contributed by atoms with Gasteiger partial charge in [-0.05, 0) is 30.2 Å². The van der Waals surface area contributed by atoms with Gasteiger partial charge in [-0.15, -0.1) is 0 Å². The molecular formula is C22H20O3S. The van der Waals surface area contributed by atoms with E-state index in [1.54, 1.807) is 42.5 Å². The molecule has 3 aromatic carbocycles. The van der Waals surface area contributed by atoms with Crippen LogP contribution in [0.4, 0.5) is 0 Å². The minimum atomic E-state index is -3.70. The second-order valence-electron chi connectivity index (χ2n) is 5.85. The highest BCUT2D eigenvalue weighted by molar-refractivity contribution is 8.00. The van der Waals surface area contributed by atoms with Gasteiger partial charge in [0, 0.05) is 0 Å². The lowest BCUT2D eigenvalue weighted by atomic mass is 10.1. The van der Waals surface area contributed by atoms with Gasteiger partial charge < -0.3 is 4.74 Å². The quantitative estimate of drug-likeness (QED) is 0.562. The molecule has 0 saturated carbocycles. The van der Waals surface area contributed by atoms with Crippen molar-refractivity contribution in [2.75, 3.05) is 0 Å². The van der Waals surface area contributed by atoms with Gasteiger partial charge in [0.1, 0.15) is 17.3 Å². The summed E-state index contributed by atoms with van der Waals surface area (Å²) in [5.41, 5.74) is 1.57. The van der Waals surface area contributed by atoms with E-state index in [-0.39, 0.29) is 15.9 Å². The molecule has 0 aliphatic carbocycles. The van der Waals surface area contributed by atoms with Gasteiger partial charge >= 0.3 is 0 Å². The molecule has 0 amide bonds. The second-order valence-corrected chi connectivity index (χ2v) is 7.77. The Hall–Kier alpha value is -2.85. The minimum absolute atomic E-state index is 0.145. The fraction of sp³-hybridized carbons (Fsp3) is 0.0909. The van der Waals surface area contributed by atoms with Gasteiger partial charge in [-0.1, -0.05) is 78.9 Å². The molecule has 132 valence electrons. The van der Waals surface area contributed by atoms with Gasteiger partial charge in [-0.3, -0.25) is 0 Å². The third-order valence-corrected chi connectivity index (χ3v) is 5.85. The Kier molecular flexibility index (Phi) is 5.54. The van der Waals surface area contributed by atoms with E-state index in [2.05, 4.69) is 0 Å². The first-order chi connectivity index (χ1) is 12.6. The molecule has 0 aliphatic rings. The summed E-state index contributed by atoms with van der Waals surface area (Å²) < 4.78 is 32.1. The molecule has 1 unspecified atom stereocenters. The largest absolute Gasteiger partial charge is 0.492 e. The number of benzene rings is 3. The lowest BCUT2D eigenvalue weighted by Crippen LogP contribution is -2.06. The predicted molar refractivity (Wildman–Crippen MR) is 104 cm³/mol. The van der Waals surface area contributed by atoms with Crippen molar-refractivity contribution < 1.29 is 13.2 Å².